The standard InChI is InChI=1S/C5H7FN2.ClH/c6-5(7)3-1-2-4-8-5;/h1-4,8H,7H2;1H. The van der Waals surface area contributed by atoms with E-state index in [-0.39, 0.29) is 12.4 Å². The number of nitrogens with two attached hydrogens (primary N) is 1. The van der Waals surface area contributed by atoms with Crippen molar-refractivity contribution in [2.24, 2.45) is 5.73 Å². The van der Waals surface area contributed by atoms with E-state index in [4.69, 9.17) is 5.73 Å². The van der Waals surface area contributed by atoms with Crippen LogP contribution in [0.25, 0.3) is 0 Å². The molecular weight excluding hydrogens is 143 g/mol. The van der Waals surface area contributed by atoms with Crippen LogP contribution in [0.2, 0.25) is 0 Å². The van der Waals surface area contributed by atoms with Gasteiger partial charge in [0.2, 0.25) is 0 Å². The SMILES string of the molecule is Cl.NC1(F)C=CC=CN1. The molecule has 1 heterocycles. The van der Waals surface area contributed by atoms with Crippen molar-refractivity contribution in [3.05, 3.63) is 24.4 Å². The van der Waals surface area contributed by atoms with E-state index in [9.17, 15) is 4.39 Å². The quantitative estimate of drug-likeness (QED) is 0.498. The first-order chi connectivity index (χ1) is 3.71. The van der Waals surface area contributed by atoms with Crippen molar-refractivity contribution >= 4 is 12.4 Å². The topological polar surface area (TPSA) is 38.0 Å². The smallest absolute Gasteiger partial charge is 0.252 e. The molecule has 0 radical (unpaired) electrons. The van der Waals surface area contributed by atoms with Crippen molar-refractivity contribution in [1.29, 1.82) is 0 Å². The number of rotatable bonds is 0. The van der Waals surface area contributed by atoms with Crippen molar-refractivity contribution < 1.29 is 4.39 Å². The lowest BCUT2D eigenvalue weighted by atomic mass is 10.3. The molecule has 0 aromatic rings. The molecule has 2 nitrogen and oxygen atoms in total. The van der Waals surface area contributed by atoms with Crippen LogP contribution in [0.15, 0.2) is 24.4 Å². The first kappa shape index (κ1) is 8.46. The molecule has 0 fully saturated rings. The summed E-state index contributed by atoms with van der Waals surface area (Å²) in [6, 6.07) is 0. The second-order valence-corrected chi connectivity index (χ2v) is 1.63. The van der Waals surface area contributed by atoms with E-state index in [1.165, 1.54) is 12.3 Å². The molecule has 0 bridgehead atoms. The van der Waals surface area contributed by atoms with Crippen LogP contribution in [0.3, 0.4) is 0 Å². The Morgan fingerprint density at radius 1 is 1.44 bits per heavy atom. The summed E-state index contributed by atoms with van der Waals surface area (Å²) in [6.07, 6.45) is 5.92. The Bertz CT molecular complexity index is 142. The van der Waals surface area contributed by atoms with Gasteiger partial charge in [-0.25, -0.2) is 0 Å². The molecule has 1 atom stereocenters. The predicted molar refractivity (Wildman–Crippen MR) is 36.7 cm³/mol. The normalized spacial score (nSPS) is 30.9. The monoisotopic (exact) mass is 150 g/mol. The summed E-state index contributed by atoms with van der Waals surface area (Å²) in [6.45, 7) is 0. The van der Waals surface area contributed by atoms with Crippen LogP contribution in [0, 0.1) is 0 Å². The van der Waals surface area contributed by atoms with Gasteiger partial charge in [0.25, 0.3) is 5.92 Å². The van der Waals surface area contributed by atoms with E-state index in [0.717, 1.165) is 0 Å². The van der Waals surface area contributed by atoms with E-state index >= 15 is 0 Å². The fourth-order valence-electron chi connectivity index (χ4n) is 0.475. The number of hydrogen-bond acceptors (Lipinski definition) is 2. The number of hydrogen-bond donors (Lipinski definition) is 2. The summed E-state index contributed by atoms with van der Waals surface area (Å²) < 4.78 is 12.4. The summed E-state index contributed by atoms with van der Waals surface area (Å²) in [5.74, 6) is -1.84. The molecule has 3 N–H and O–H groups in total. The van der Waals surface area contributed by atoms with Crippen molar-refractivity contribution in [3.8, 4) is 0 Å². The molecule has 0 aliphatic carbocycles. The second-order valence-electron chi connectivity index (χ2n) is 1.63. The predicted octanol–water partition coefficient (Wildman–Crippen LogP) is 0.663. The van der Waals surface area contributed by atoms with Gasteiger partial charge in [-0.2, -0.15) is 4.39 Å². The van der Waals surface area contributed by atoms with Gasteiger partial charge in [-0.1, -0.05) is 6.08 Å². The third-order valence-corrected chi connectivity index (χ3v) is 0.851. The molecule has 0 aromatic carbocycles. The summed E-state index contributed by atoms with van der Waals surface area (Å²) in [5.41, 5.74) is 4.96. The highest BCUT2D eigenvalue weighted by molar-refractivity contribution is 5.85. The second kappa shape index (κ2) is 2.85. The van der Waals surface area contributed by atoms with Gasteiger partial charge in [-0.3, -0.25) is 5.73 Å². The molecular formula is C5H8ClFN2. The number of halogens is 2. The Labute approximate surface area is 59.0 Å². The Morgan fingerprint density at radius 2 is 2.11 bits per heavy atom. The Hall–Kier alpha value is -0.540. The van der Waals surface area contributed by atoms with E-state index in [1.54, 1.807) is 12.2 Å². The minimum atomic E-state index is -1.84. The lowest BCUT2D eigenvalue weighted by molar-refractivity contribution is 0.207. The van der Waals surface area contributed by atoms with Crippen molar-refractivity contribution in [2.45, 2.75) is 5.92 Å². The van der Waals surface area contributed by atoms with Gasteiger partial charge in [-0.05, 0) is 12.2 Å². The van der Waals surface area contributed by atoms with Crippen LogP contribution in [-0.4, -0.2) is 5.92 Å². The minimum absolute atomic E-state index is 0. The molecule has 1 rings (SSSR count). The third kappa shape index (κ3) is 2.49. The first-order valence-corrected chi connectivity index (χ1v) is 2.31. The van der Waals surface area contributed by atoms with E-state index in [1.807, 2.05) is 0 Å². The van der Waals surface area contributed by atoms with Gasteiger partial charge in [-0.15, -0.1) is 12.4 Å². The van der Waals surface area contributed by atoms with Gasteiger partial charge in [0, 0.05) is 6.20 Å². The van der Waals surface area contributed by atoms with E-state index in [0.29, 0.717) is 0 Å². The number of nitrogens with one attached hydrogen (secondary N) is 1. The molecule has 52 valence electrons. The van der Waals surface area contributed by atoms with Gasteiger partial charge >= 0.3 is 0 Å². The first-order valence-electron chi connectivity index (χ1n) is 2.31. The molecule has 4 heteroatoms. The van der Waals surface area contributed by atoms with Crippen LogP contribution in [0.1, 0.15) is 0 Å². The number of allylic oxidation sites excluding steroid dienone is 2. The van der Waals surface area contributed by atoms with Crippen LogP contribution in [0.4, 0.5) is 4.39 Å². The fraction of sp³-hybridized carbons (Fsp3) is 0.200. The molecule has 1 aliphatic heterocycles. The highest BCUT2D eigenvalue weighted by Gasteiger charge is 2.17. The minimum Gasteiger partial charge on any atom is -0.344 e. The van der Waals surface area contributed by atoms with Crippen LogP contribution < -0.4 is 11.1 Å². The largest absolute Gasteiger partial charge is 0.344 e. The van der Waals surface area contributed by atoms with Crippen molar-refractivity contribution in [2.75, 3.05) is 0 Å². The third-order valence-electron chi connectivity index (χ3n) is 0.851. The Morgan fingerprint density at radius 3 is 2.33 bits per heavy atom. The lowest BCUT2D eigenvalue weighted by Crippen LogP contribution is -2.45. The summed E-state index contributed by atoms with van der Waals surface area (Å²) in [4.78, 5) is 0. The molecule has 0 aromatic heterocycles. The van der Waals surface area contributed by atoms with Gasteiger partial charge in [0.1, 0.15) is 0 Å². The molecule has 9 heavy (non-hydrogen) atoms. The van der Waals surface area contributed by atoms with Crippen LogP contribution >= 0.6 is 12.4 Å². The zero-order valence-electron chi connectivity index (χ0n) is 4.67. The van der Waals surface area contributed by atoms with Crippen molar-refractivity contribution in [1.82, 2.24) is 5.32 Å². The van der Waals surface area contributed by atoms with E-state index < -0.39 is 5.92 Å². The van der Waals surface area contributed by atoms with Crippen molar-refractivity contribution in [3.63, 3.8) is 0 Å². The molecule has 0 amide bonds. The van der Waals surface area contributed by atoms with Gasteiger partial charge in [0.05, 0.1) is 0 Å². The van der Waals surface area contributed by atoms with Gasteiger partial charge < -0.3 is 5.32 Å². The Balaban J connectivity index is 0.000000640. The summed E-state index contributed by atoms with van der Waals surface area (Å²) in [5, 5.41) is 2.30. The molecule has 0 saturated heterocycles. The van der Waals surface area contributed by atoms with Crippen LogP contribution in [0.5, 0.6) is 0 Å². The number of alkyl halides is 1. The molecule has 1 aliphatic rings. The summed E-state index contributed by atoms with van der Waals surface area (Å²) in [7, 11) is 0. The molecule has 0 saturated carbocycles. The van der Waals surface area contributed by atoms with E-state index in [2.05, 4.69) is 5.32 Å². The number of dihydropyridines is 1. The zero-order chi connectivity index (χ0) is 6.04. The fourth-order valence-corrected chi connectivity index (χ4v) is 0.475. The average molecular weight is 151 g/mol. The van der Waals surface area contributed by atoms with Crippen LogP contribution in [-0.2, 0) is 0 Å². The maximum Gasteiger partial charge on any atom is 0.252 e. The highest BCUT2D eigenvalue weighted by Crippen LogP contribution is 2.02. The molecule has 0 spiro atoms. The summed E-state index contributed by atoms with van der Waals surface area (Å²) >= 11 is 0. The average Bonchev–Trinajstić information content (AvgIpc) is 1.65. The van der Waals surface area contributed by atoms with Gasteiger partial charge in [0.15, 0.2) is 0 Å². The zero-order valence-corrected chi connectivity index (χ0v) is 5.49. The maximum absolute atomic E-state index is 12.4. The highest BCUT2D eigenvalue weighted by atomic mass is 35.5. The lowest BCUT2D eigenvalue weighted by Gasteiger charge is -2.17. The Kier molecular flexibility index (Phi) is 2.67. The maximum atomic E-state index is 12.4. The molecule has 1 unspecified atom stereocenters.